The Labute approximate surface area is 146 Å². The van der Waals surface area contributed by atoms with Crippen molar-refractivity contribution in [3.05, 3.63) is 66.2 Å². The molecule has 0 aromatic heterocycles. The van der Waals surface area contributed by atoms with Gasteiger partial charge in [-0.2, -0.15) is 0 Å². The van der Waals surface area contributed by atoms with Gasteiger partial charge >= 0.3 is 6.09 Å². The van der Waals surface area contributed by atoms with Crippen molar-refractivity contribution >= 4 is 33.9 Å². The highest BCUT2D eigenvalue weighted by Crippen LogP contribution is 2.22. The van der Waals surface area contributed by atoms with E-state index in [-0.39, 0.29) is 0 Å². The third kappa shape index (κ3) is 4.20. The first-order chi connectivity index (χ1) is 12.2. The Morgan fingerprint density at radius 2 is 1.84 bits per heavy atom. The molecule has 0 atom stereocenters. The molecule has 0 radical (unpaired) electrons. The van der Waals surface area contributed by atoms with Crippen LogP contribution in [0.2, 0.25) is 0 Å². The minimum absolute atomic E-state index is 0.319. The second-order valence-electron chi connectivity index (χ2n) is 5.68. The smallest absolute Gasteiger partial charge is 0.411 e. The number of fused-ring (bicyclic) bond motifs is 1. The number of ether oxygens (including phenoxy) is 1. The molecular weight excluding hydrogens is 314 g/mol. The van der Waals surface area contributed by atoms with Crippen LogP contribution in [0.3, 0.4) is 0 Å². The molecule has 0 fully saturated rings. The molecule has 0 unspecified atom stereocenters. The molecule has 0 heterocycles. The first kappa shape index (κ1) is 16.6. The fraction of sp³-hybridized carbons (Fsp3) is 0.150. The first-order valence-electron chi connectivity index (χ1n) is 8.20. The second kappa shape index (κ2) is 7.57. The number of nitrogen functional groups attached to an aromatic ring is 1. The van der Waals surface area contributed by atoms with Crippen LogP contribution in [0.4, 0.5) is 21.9 Å². The summed E-state index contributed by atoms with van der Waals surface area (Å²) in [6.45, 7) is 2.71. The van der Waals surface area contributed by atoms with Gasteiger partial charge in [0.05, 0.1) is 18.0 Å². The van der Waals surface area contributed by atoms with Gasteiger partial charge in [-0.3, -0.25) is 5.32 Å². The van der Waals surface area contributed by atoms with E-state index in [1.54, 1.807) is 13.0 Å². The van der Waals surface area contributed by atoms with Crippen LogP contribution >= 0.6 is 0 Å². The zero-order valence-electron chi connectivity index (χ0n) is 14.1. The Kier molecular flexibility index (Phi) is 5.04. The number of hydrogen-bond acceptors (Lipinski definition) is 4. The van der Waals surface area contributed by atoms with Crippen LogP contribution < -0.4 is 16.4 Å². The van der Waals surface area contributed by atoms with Crippen molar-refractivity contribution in [2.24, 2.45) is 0 Å². The van der Waals surface area contributed by atoms with E-state index in [9.17, 15) is 4.79 Å². The predicted molar refractivity (Wildman–Crippen MR) is 103 cm³/mol. The summed E-state index contributed by atoms with van der Waals surface area (Å²) in [5.41, 5.74) is 9.14. The molecule has 3 aromatic rings. The molecule has 0 spiro atoms. The van der Waals surface area contributed by atoms with Gasteiger partial charge in [0.2, 0.25) is 0 Å². The Morgan fingerprint density at radius 3 is 2.60 bits per heavy atom. The SMILES string of the molecule is CCOC(=O)Nc1ccc(CNc2ccc3ccccc3c2)cc1N. The standard InChI is InChI=1S/C20H21N3O2/c1-2-25-20(24)23-19-10-7-14(11-18(19)21)13-22-17-9-8-15-5-3-4-6-16(15)12-17/h3-12,22H,2,13,21H2,1H3,(H,23,24). The monoisotopic (exact) mass is 335 g/mol. The van der Waals surface area contributed by atoms with Crippen LogP contribution in [-0.2, 0) is 11.3 Å². The minimum atomic E-state index is -0.503. The van der Waals surface area contributed by atoms with E-state index in [0.717, 1.165) is 11.3 Å². The third-order valence-electron chi connectivity index (χ3n) is 3.87. The average molecular weight is 335 g/mol. The molecule has 0 aliphatic rings. The van der Waals surface area contributed by atoms with Gasteiger partial charge in [-0.05, 0) is 47.5 Å². The second-order valence-corrected chi connectivity index (χ2v) is 5.68. The summed E-state index contributed by atoms with van der Waals surface area (Å²) in [7, 11) is 0. The van der Waals surface area contributed by atoms with Gasteiger partial charge in [-0.25, -0.2) is 4.79 Å². The molecular formula is C20H21N3O2. The maximum atomic E-state index is 11.5. The molecule has 3 rings (SSSR count). The van der Waals surface area contributed by atoms with E-state index in [4.69, 9.17) is 10.5 Å². The Bertz CT molecular complexity index is 893. The van der Waals surface area contributed by atoms with Crippen LogP contribution in [0.15, 0.2) is 60.7 Å². The van der Waals surface area contributed by atoms with E-state index in [2.05, 4.69) is 41.0 Å². The maximum Gasteiger partial charge on any atom is 0.411 e. The molecule has 0 saturated carbocycles. The van der Waals surface area contributed by atoms with Crippen LogP contribution in [0, 0.1) is 0 Å². The first-order valence-corrected chi connectivity index (χ1v) is 8.20. The van der Waals surface area contributed by atoms with Gasteiger partial charge in [0.1, 0.15) is 0 Å². The fourth-order valence-corrected chi connectivity index (χ4v) is 2.62. The highest BCUT2D eigenvalue weighted by atomic mass is 16.5. The third-order valence-corrected chi connectivity index (χ3v) is 3.87. The normalized spacial score (nSPS) is 10.4. The molecule has 0 saturated heterocycles. The lowest BCUT2D eigenvalue weighted by Gasteiger charge is -2.11. The Morgan fingerprint density at radius 1 is 1.04 bits per heavy atom. The molecule has 25 heavy (non-hydrogen) atoms. The topological polar surface area (TPSA) is 76.4 Å². The van der Waals surface area contributed by atoms with Crippen LogP contribution in [-0.4, -0.2) is 12.7 Å². The molecule has 128 valence electrons. The lowest BCUT2D eigenvalue weighted by molar-refractivity contribution is 0.168. The number of carbonyl (C=O) groups is 1. The minimum Gasteiger partial charge on any atom is -0.450 e. The number of nitrogens with one attached hydrogen (secondary N) is 2. The van der Waals surface area contributed by atoms with Crippen molar-refractivity contribution in [3.63, 3.8) is 0 Å². The Balaban J connectivity index is 1.66. The number of anilines is 3. The van der Waals surface area contributed by atoms with E-state index < -0.39 is 6.09 Å². The number of benzene rings is 3. The van der Waals surface area contributed by atoms with Gasteiger partial charge in [-0.15, -0.1) is 0 Å². The van der Waals surface area contributed by atoms with Crippen molar-refractivity contribution in [1.82, 2.24) is 0 Å². The van der Waals surface area contributed by atoms with E-state index in [1.165, 1.54) is 10.8 Å². The average Bonchev–Trinajstić information content (AvgIpc) is 2.62. The zero-order valence-corrected chi connectivity index (χ0v) is 14.1. The van der Waals surface area contributed by atoms with Gasteiger partial charge in [0, 0.05) is 12.2 Å². The predicted octanol–water partition coefficient (Wildman–Crippen LogP) is 4.60. The summed E-state index contributed by atoms with van der Waals surface area (Å²) >= 11 is 0. The summed E-state index contributed by atoms with van der Waals surface area (Å²) in [5.74, 6) is 0. The van der Waals surface area contributed by atoms with Crippen molar-refractivity contribution < 1.29 is 9.53 Å². The molecule has 5 nitrogen and oxygen atoms in total. The van der Waals surface area contributed by atoms with Gasteiger partial charge in [0.25, 0.3) is 0 Å². The summed E-state index contributed by atoms with van der Waals surface area (Å²) in [6.07, 6.45) is -0.503. The molecule has 3 aromatic carbocycles. The van der Waals surface area contributed by atoms with Crippen molar-refractivity contribution in [2.75, 3.05) is 23.0 Å². The quantitative estimate of drug-likeness (QED) is 0.595. The van der Waals surface area contributed by atoms with Gasteiger partial charge < -0.3 is 15.8 Å². The number of carbonyl (C=O) groups excluding carboxylic acids is 1. The number of hydrogen-bond donors (Lipinski definition) is 3. The molecule has 0 aliphatic heterocycles. The molecule has 1 amide bonds. The highest BCUT2D eigenvalue weighted by Gasteiger charge is 2.06. The summed E-state index contributed by atoms with van der Waals surface area (Å²) < 4.78 is 4.85. The van der Waals surface area contributed by atoms with E-state index >= 15 is 0 Å². The molecule has 0 bridgehead atoms. The van der Waals surface area contributed by atoms with Gasteiger partial charge in [-0.1, -0.05) is 36.4 Å². The van der Waals surface area contributed by atoms with E-state index in [1.807, 2.05) is 24.3 Å². The number of rotatable bonds is 5. The largest absolute Gasteiger partial charge is 0.450 e. The van der Waals surface area contributed by atoms with Crippen molar-refractivity contribution in [2.45, 2.75) is 13.5 Å². The zero-order chi connectivity index (χ0) is 17.6. The number of amides is 1. The molecule has 4 N–H and O–H groups in total. The van der Waals surface area contributed by atoms with Crippen LogP contribution in [0.5, 0.6) is 0 Å². The summed E-state index contributed by atoms with van der Waals surface area (Å²) in [5, 5.41) is 8.43. The van der Waals surface area contributed by atoms with Crippen molar-refractivity contribution in [1.29, 1.82) is 0 Å². The molecule has 0 aliphatic carbocycles. The highest BCUT2D eigenvalue weighted by molar-refractivity contribution is 5.89. The molecule has 5 heteroatoms. The van der Waals surface area contributed by atoms with Gasteiger partial charge in [0.15, 0.2) is 0 Å². The summed E-state index contributed by atoms with van der Waals surface area (Å²) in [6, 6.07) is 20.1. The fourth-order valence-electron chi connectivity index (χ4n) is 2.62. The van der Waals surface area contributed by atoms with Crippen molar-refractivity contribution in [3.8, 4) is 0 Å². The van der Waals surface area contributed by atoms with Crippen LogP contribution in [0.1, 0.15) is 12.5 Å². The lowest BCUT2D eigenvalue weighted by Crippen LogP contribution is -2.14. The lowest BCUT2D eigenvalue weighted by atomic mass is 10.1. The summed E-state index contributed by atoms with van der Waals surface area (Å²) in [4.78, 5) is 11.5. The van der Waals surface area contributed by atoms with Crippen LogP contribution in [0.25, 0.3) is 10.8 Å². The van der Waals surface area contributed by atoms with E-state index in [0.29, 0.717) is 24.5 Å². The maximum absolute atomic E-state index is 11.5. The number of nitrogens with two attached hydrogens (primary N) is 1. The Hall–Kier alpha value is -3.21.